The van der Waals surface area contributed by atoms with E-state index in [1.54, 1.807) is 0 Å². The highest BCUT2D eigenvalue weighted by Crippen LogP contribution is 2.30. The lowest BCUT2D eigenvalue weighted by atomic mass is 9.91. The fraction of sp³-hybridized carbons (Fsp3) is 0.500. The first-order valence-electron chi connectivity index (χ1n) is 12.0. The Morgan fingerprint density at radius 2 is 0.912 bits per heavy atom. The van der Waals surface area contributed by atoms with E-state index in [-0.39, 0.29) is 0 Å². The highest BCUT2D eigenvalue weighted by molar-refractivity contribution is 5.67. The maximum Gasteiger partial charge on any atom is 0.408 e. The van der Waals surface area contributed by atoms with Gasteiger partial charge in [0.25, 0.3) is 0 Å². The molecule has 6 heteroatoms. The third-order valence-electron chi connectivity index (χ3n) is 6.84. The van der Waals surface area contributed by atoms with E-state index in [0.29, 0.717) is 13.1 Å². The average Bonchev–Trinajstić information content (AvgIpc) is 2.75. The standard InChI is InChI=1S/C28H40N2O4/c1-21-11-15-23(16-12-21)27(3,4)29(25(31)32)19-9-7-8-10-20-30(26(33)34)28(5,6)24-17-13-22(2)14-18-24/h11-18H,7-10,19-20H2,1-6H3,(H,31,32)(H,33,34). The predicted molar refractivity (Wildman–Crippen MR) is 136 cm³/mol. The van der Waals surface area contributed by atoms with Crippen molar-refractivity contribution in [3.8, 4) is 0 Å². The average molecular weight is 469 g/mol. The molecule has 0 radical (unpaired) electrons. The zero-order chi connectivity index (χ0) is 25.5. The molecule has 2 amide bonds. The Balaban J connectivity index is 1.90. The van der Waals surface area contributed by atoms with Crippen LogP contribution in [0.1, 0.15) is 75.6 Å². The fourth-order valence-electron chi connectivity index (χ4n) is 4.36. The largest absolute Gasteiger partial charge is 0.465 e. The van der Waals surface area contributed by atoms with Gasteiger partial charge >= 0.3 is 12.2 Å². The third kappa shape index (κ3) is 6.75. The van der Waals surface area contributed by atoms with Gasteiger partial charge in [0, 0.05) is 13.1 Å². The summed E-state index contributed by atoms with van der Waals surface area (Å²) in [5.41, 5.74) is 2.96. The number of nitrogens with zero attached hydrogens (tertiary/aromatic N) is 2. The van der Waals surface area contributed by atoms with Gasteiger partial charge in [-0.05, 0) is 65.5 Å². The molecule has 2 N–H and O–H groups in total. The van der Waals surface area contributed by atoms with Crippen LogP contribution >= 0.6 is 0 Å². The van der Waals surface area contributed by atoms with Gasteiger partial charge in [0.2, 0.25) is 0 Å². The fourth-order valence-corrected chi connectivity index (χ4v) is 4.36. The molecule has 34 heavy (non-hydrogen) atoms. The monoisotopic (exact) mass is 468 g/mol. The normalized spacial score (nSPS) is 11.8. The summed E-state index contributed by atoms with van der Waals surface area (Å²) >= 11 is 0. The van der Waals surface area contributed by atoms with Crippen LogP contribution in [0.5, 0.6) is 0 Å². The Morgan fingerprint density at radius 1 is 0.618 bits per heavy atom. The zero-order valence-corrected chi connectivity index (χ0v) is 21.5. The predicted octanol–water partition coefficient (Wildman–Crippen LogP) is 6.99. The van der Waals surface area contributed by atoms with Crippen LogP contribution in [0, 0.1) is 13.8 Å². The maximum absolute atomic E-state index is 12.0. The number of hydrogen-bond acceptors (Lipinski definition) is 2. The van der Waals surface area contributed by atoms with E-state index in [1.165, 1.54) is 9.80 Å². The molecule has 0 aliphatic rings. The molecule has 2 aromatic rings. The molecule has 0 saturated carbocycles. The number of amides is 2. The van der Waals surface area contributed by atoms with E-state index in [9.17, 15) is 19.8 Å². The van der Waals surface area contributed by atoms with Gasteiger partial charge in [-0.1, -0.05) is 72.5 Å². The van der Waals surface area contributed by atoms with Gasteiger partial charge in [0.15, 0.2) is 0 Å². The number of rotatable bonds is 11. The topological polar surface area (TPSA) is 81.1 Å². The smallest absolute Gasteiger partial charge is 0.408 e. The lowest BCUT2D eigenvalue weighted by Crippen LogP contribution is -2.45. The molecular formula is C28H40N2O4. The van der Waals surface area contributed by atoms with Crippen LogP contribution in [0.4, 0.5) is 9.59 Å². The summed E-state index contributed by atoms with van der Waals surface area (Å²) < 4.78 is 0. The maximum atomic E-state index is 12.0. The lowest BCUT2D eigenvalue weighted by Gasteiger charge is -2.37. The lowest BCUT2D eigenvalue weighted by molar-refractivity contribution is 0.0861. The van der Waals surface area contributed by atoms with E-state index in [0.717, 1.165) is 47.9 Å². The molecule has 0 unspecified atom stereocenters. The third-order valence-corrected chi connectivity index (χ3v) is 6.84. The highest BCUT2D eigenvalue weighted by atomic mass is 16.4. The second-order valence-corrected chi connectivity index (χ2v) is 10.1. The van der Waals surface area contributed by atoms with E-state index in [1.807, 2.05) is 90.1 Å². The molecule has 0 fully saturated rings. The van der Waals surface area contributed by atoms with Gasteiger partial charge in [0.1, 0.15) is 0 Å². The highest BCUT2D eigenvalue weighted by Gasteiger charge is 2.33. The van der Waals surface area contributed by atoms with E-state index >= 15 is 0 Å². The molecule has 0 saturated heterocycles. The number of hydrogen-bond donors (Lipinski definition) is 2. The van der Waals surface area contributed by atoms with Crippen LogP contribution in [0.2, 0.25) is 0 Å². The van der Waals surface area contributed by atoms with Crippen molar-refractivity contribution in [1.82, 2.24) is 9.80 Å². The zero-order valence-electron chi connectivity index (χ0n) is 21.5. The van der Waals surface area contributed by atoms with Crippen LogP contribution in [0.25, 0.3) is 0 Å². The van der Waals surface area contributed by atoms with Gasteiger partial charge < -0.3 is 10.2 Å². The molecule has 6 nitrogen and oxygen atoms in total. The van der Waals surface area contributed by atoms with Crippen molar-refractivity contribution >= 4 is 12.2 Å². The van der Waals surface area contributed by atoms with Gasteiger partial charge in [0.05, 0.1) is 11.1 Å². The summed E-state index contributed by atoms with van der Waals surface area (Å²) in [6.07, 6.45) is 1.29. The Labute approximate surface area is 204 Å². The molecule has 2 rings (SSSR count). The van der Waals surface area contributed by atoms with Crippen LogP contribution in [-0.4, -0.2) is 45.3 Å². The van der Waals surface area contributed by atoms with Crippen molar-refractivity contribution in [2.75, 3.05) is 13.1 Å². The van der Waals surface area contributed by atoms with Gasteiger partial charge in [-0.25, -0.2) is 9.59 Å². The van der Waals surface area contributed by atoms with Gasteiger partial charge in [-0.15, -0.1) is 0 Å². The summed E-state index contributed by atoms with van der Waals surface area (Å²) in [5, 5.41) is 19.7. The van der Waals surface area contributed by atoms with Crippen molar-refractivity contribution < 1.29 is 19.8 Å². The van der Waals surface area contributed by atoms with Crippen molar-refractivity contribution in [2.45, 2.75) is 78.3 Å². The molecular weight excluding hydrogens is 428 g/mol. The Morgan fingerprint density at radius 3 is 1.18 bits per heavy atom. The molecule has 0 bridgehead atoms. The SMILES string of the molecule is Cc1ccc(C(C)(C)N(CCCCCCN(C(=O)O)C(C)(C)c2ccc(C)cc2)C(=O)O)cc1. The van der Waals surface area contributed by atoms with E-state index in [2.05, 4.69) is 0 Å². The quantitative estimate of drug-likeness (QED) is 0.348. The van der Waals surface area contributed by atoms with Gasteiger partial charge in [-0.3, -0.25) is 9.80 Å². The molecule has 0 spiro atoms. The Kier molecular flexibility index (Phi) is 9.14. The summed E-state index contributed by atoms with van der Waals surface area (Å²) in [7, 11) is 0. The minimum Gasteiger partial charge on any atom is -0.465 e. The van der Waals surface area contributed by atoms with Crippen molar-refractivity contribution in [3.63, 3.8) is 0 Å². The summed E-state index contributed by atoms with van der Waals surface area (Å²) in [6.45, 7) is 12.6. The van der Waals surface area contributed by atoms with Crippen molar-refractivity contribution in [1.29, 1.82) is 0 Å². The van der Waals surface area contributed by atoms with Gasteiger partial charge in [-0.2, -0.15) is 0 Å². The van der Waals surface area contributed by atoms with Crippen LogP contribution in [0.15, 0.2) is 48.5 Å². The Bertz CT molecular complexity index is 870. The minimum absolute atomic E-state index is 0.438. The van der Waals surface area contributed by atoms with Crippen LogP contribution in [-0.2, 0) is 11.1 Å². The first-order valence-corrected chi connectivity index (χ1v) is 12.0. The first-order chi connectivity index (χ1) is 15.9. The molecule has 0 atom stereocenters. The summed E-state index contributed by atoms with van der Waals surface area (Å²) in [5.74, 6) is 0. The number of benzene rings is 2. The molecule has 186 valence electrons. The molecule has 0 aliphatic carbocycles. The minimum atomic E-state index is -0.928. The molecule has 2 aromatic carbocycles. The number of carboxylic acid groups (broad SMARTS) is 2. The van der Waals surface area contributed by atoms with Crippen molar-refractivity contribution in [2.24, 2.45) is 0 Å². The molecule has 0 aromatic heterocycles. The first kappa shape index (κ1) is 27.2. The van der Waals surface area contributed by atoms with E-state index < -0.39 is 23.3 Å². The van der Waals surface area contributed by atoms with Crippen molar-refractivity contribution in [3.05, 3.63) is 70.8 Å². The number of carbonyl (C=O) groups is 2. The molecule has 0 heterocycles. The van der Waals surface area contributed by atoms with Crippen LogP contribution < -0.4 is 0 Å². The Hall–Kier alpha value is -3.02. The number of aryl methyl sites for hydroxylation is 2. The summed E-state index contributed by atoms with van der Waals surface area (Å²) in [4.78, 5) is 27.0. The number of unbranched alkanes of at least 4 members (excludes halogenated alkanes) is 3. The second-order valence-electron chi connectivity index (χ2n) is 10.1. The van der Waals surface area contributed by atoms with Crippen LogP contribution in [0.3, 0.4) is 0 Å². The van der Waals surface area contributed by atoms with E-state index in [4.69, 9.17) is 0 Å². The molecule has 0 aliphatic heterocycles. The summed E-state index contributed by atoms with van der Waals surface area (Å²) in [6, 6.07) is 16.0. The second kappa shape index (κ2) is 11.4.